The van der Waals surface area contributed by atoms with E-state index in [1.807, 2.05) is 38.1 Å². The Kier molecular flexibility index (Phi) is 5.36. The van der Waals surface area contributed by atoms with Gasteiger partial charge in [0, 0.05) is 24.9 Å². The molecule has 0 saturated carbocycles. The Morgan fingerprint density at radius 1 is 1.21 bits per heavy atom. The van der Waals surface area contributed by atoms with Crippen LogP contribution in [-0.2, 0) is 22.4 Å². The third-order valence-electron chi connectivity index (χ3n) is 5.87. The molecule has 1 fully saturated rings. The lowest BCUT2D eigenvalue weighted by atomic mass is 9.82. The van der Waals surface area contributed by atoms with Gasteiger partial charge in [-0.3, -0.25) is 4.79 Å². The Morgan fingerprint density at radius 3 is 2.79 bits per heavy atom. The van der Waals surface area contributed by atoms with Crippen LogP contribution in [-0.4, -0.2) is 25.7 Å². The average molecular weight is 383 g/mol. The van der Waals surface area contributed by atoms with Gasteiger partial charge in [0.2, 0.25) is 0 Å². The van der Waals surface area contributed by atoms with Gasteiger partial charge in [0.05, 0.1) is 19.1 Å². The van der Waals surface area contributed by atoms with Gasteiger partial charge in [-0.05, 0) is 47.7 Å². The molecule has 4 nitrogen and oxygen atoms in total. The second kappa shape index (κ2) is 7.92. The summed E-state index contributed by atoms with van der Waals surface area (Å²) in [6, 6.07) is 11.2. The second-order valence-electron chi connectivity index (χ2n) is 7.44. The fourth-order valence-corrected chi connectivity index (χ4v) is 4.41. The number of nitrogens with one attached hydrogen (secondary N) is 1. The summed E-state index contributed by atoms with van der Waals surface area (Å²) in [4.78, 5) is 12.9. The first-order valence-corrected chi connectivity index (χ1v) is 10.1. The molecule has 0 spiro atoms. The van der Waals surface area contributed by atoms with Gasteiger partial charge in [0.25, 0.3) is 0 Å². The van der Waals surface area contributed by atoms with E-state index in [0.717, 1.165) is 23.3 Å². The molecule has 3 atom stereocenters. The summed E-state index contributed by atoms with van der Waals surface area (Å²) in [6.07, 6.45) is 1.53. The van der Waals surface area contributed by atoms with Gasteiger partial charge in [0.1, 0.15) is 11.6 Å². The van der Waals surface area contributed by atoms with Gasteiger partial charge in [-0.2, -0.15) is 0 Å². The molecule has 5 heteroatoms. The number of fused-ring (bicyclic) bond motifs is 1. The molecule has 2 heterocycles. The Balaban J connectivity index is 1.68. The van der Waals surface area contributed by atoms with Gasteiger partial charge in [-0.25, -0.2) is 4.39 Å². The summed E-state index contributed by atoms with van der Waals surface area (Å²) in [5, 5.41) is 3.44. The zero-order chi connectivity index (χ0) is 19.7. The molecule has 2 aliphatic rings. The fourth-order valence-electron chi connectivity index (χ4n) is 4.41. The van der Waals surface area contributed by atoms with Crippen molar-refractivity contribution in [2.45, 2.75) is 38.6 Å². The normalized spacial score (nSPS) is 23.3. The molecule has 28 heavy (non-hydrogen) atoms. The predicted molar refractivity (Wildman–Crippen MR) is 105 cm³/mol. The maximum absolute atomic E-state index is 14.4. The smallest absolute Gasteiger partial charge is 0.311 e. The van der Waals surface area contributed by atoms with E-state index in [0.29, 0.717) is 31.7 Å². The van der Waals surface area contributed by atoms with Crippen molar-refractivity contribution < 1.29 is 18.7 Å². The number of hydrogen-bond donors (Lipinski definition) is 1. The predicted octanol–water partition coefficient (Wildman–Crippen LogP) is 3.93. The lowest BCUT2D eigenvalue weighted by molar-refractivity contribution is -0.148. The Morgan fingerprint density at radius 2 is 2.04 bits per heavy atom. The Labute approximate surface area is 165 Å². The fraction of sp³-hybridized carbons (Fsp3) is 0.435. The van der Waals surface area contributed by atoms with E-state index in [-0.39, 0.29) is 23.7 Å². The van der Waals surface area contributed by atoms with Crippen LogP contribution >= 0.6 is 0 Å². The molecule has 4 rings (SSSR count). The van der Waals surface area contributed by atoms with Crippen LogP contribution in [0.4, 0.5) is 4.39 Å². The van der Waals surface area contributed by atoms with Crippen molar-refractivity contribution in [3.63, 3.8) is 0 Å². The number of aryl methyl sites for hydroxylation is 1. The highest BCUT2D eigenvalue weighted by molar-refractivity contribution is 5.76. The summed E-state index contributed by atoms with van der Waals surface area (Å²) >= 11 is 0. The van der Waals surface area contributed by atoms with E-state index in [9.17, 15) is 9.18 Å². The first kappa shape index (κ1) is 18.9. The number of halogens is 1. The van der Waals surface area contributed by atoms with Gasteiger partial charge in [-0.15, -0.1) is 0 Å². The van der Waals surface area contributed by atoms with Crippen LogP contribution in [0, 0.1) is 11.7 Å². The van der Waals surface area contributed by atoms with Crippen LogP contribution in [0.2, 0.25) is 0 Å². The summed E-state index contributed by atoms with van der Waals surface area (Å²) in [6.45, 7) is 5.42. The van der Waals surface area contributed by atoms with Crippen LogP contribution in [0.25, 0.3) is 0 Å². The standard InChI is InChI=1S/C23H26FNO3/c1-3-14-5-6-17(12-19(14)24)22-21(23(26)27-4-2)18(13-25-22)15-7-8-20-16(11-15)9-10-28-20/h5-8,11-12,18,21-22,25H,3-4,9-10,13H2,1-2H3/t18-,21-,22+/m1/s1. The quantitative estimate of drug-likeness (QED) is 0.795. The van der Waals surface area contributed by atoms with Gasteiger partial charge < -0.3 is 14.8 Å². The Bertz CT molecular complexity index is 882. The van der Waals surface area contributed by atoms with Crippen LogP contribution < -0.4 is 10.1 Å². The number of hydrogen-bond acceptors (Lipinski definition) is 4. The minimum Gasteiger partial charge on any atom is -0.493 e. The van der Waals surface area contributed by atoms with Crippen molar-refractivity contribution in [2.75, 3.05) is 19.8 Å². The molecule has 0 aliphatic carbocycles. The number of ether oxygens (including phenoxy) is 2. The molecule has 1 saturated heterocycles. The number of carbonyl (C=O) groups excluding carboxylic acids is 1. The van der Waals surface area contributed by atoms with Crippen molar-refractivity contribution in [2.24, 2.45) is 5.92 Å². The molecule has 2 aromatic carbocycles. The van der Waals surface area contributed by atoms with Crippen LogP contribution in [0.5, 0.6) is 5.75 Å². The van der Waals surface area contributed by atoms with Crippen molar-refractivity contribution in [3.8, 4) is 5.75 Å². The molecule has 0 unspecified atom stereocenters. The van der Waals surface area contributed by atoms with E-state index in [4.69, 9.17) is 9.47 Å². The zero-order valence-electron chi connectivity index (χ0n) is 16.3. The average Bonchev–Trinajstić information content (AvgIpc) is 3.34. The monoisotopic (exact) mass is 383 g/mol. The van der Waals surface area contributed by atoms with Crippen molar-refractivity contribution >= 4 is 5.97 Å². The van der Waals surface area contributed by atoms with Crippen molar-refractivity contribution in [1.82, 2.24) is 5.32 Å². The van der Waals surface area contributed by atoms with E-state index in [1.54, 1.807) is 6.07 Å². The van der Waals surface area contributed by atoms with Crippen molar-refractivity contribution in [3.05, 3.63) is 64.5 Å². The number of benzene rings is 2. The number of rotatable bonds is 5. The number of carbonyl (C=O) groups is 1. The molecular weight excluding hydrogens is 357 g/mol. The summed E-state index contributed by atoms with van der Waals surface area (Å²) in [7, 11) is 0. The van der Waals surface area contributed by atoms with E-state index in [1.165, 1.54) is 5.56 Å². The SMILES string of the molecule is CCOC(=O)[C@@H]1[C@@H](c2ccc3c(c2)CCO3)CN[C@H]1c1ccc(CC)c(F)c1. The molecule has 2 aromatic rings. The number of esters is 1. The summed E-state index contributed by atoms with van der Waals surface area (Å²) in [5.74, 6) is 0.0500. The van der Waals surface area contributed by atoms with E-state index < -0.39 is 5.92 Å². The van der Waals surface area contributed by atoms with Gasteiger partial charge >= 0.3 is 5.97 Å². The molecule has 2 aliphatic heterocycles. The first-order chi connectivity index (χ1) is 13.6. The highest BCUT2D eigenvalue weighted by Gasteiger charge is 2.43. The lowest BCUT2D eigenvalue weighted by Crippen LogP contribution is -2.27. The molecule has 0 amide bonds. The topological polar surface area (TPSA) is 47.6 Å². The largest absolute Gasteiger partial charge is 0.493 e. The van der Waals surface area contributed by atoms with Gasteiger partial charge in [0.15, 0.2) is 0 Å². The maximum Gasteiger partial charge on any atom is 0.311 e. The van der Waals surface area contributed by atoms with Crippen molar-refractivity contribution in [1.29, 1.82) is 0 Å². The Hall–Kier alpha value is -2.40. The molecule has 148 valence electrons. The first-order valence-electron chi connectivity index (χ1n) is 10.1. The molecular formula is C23H26FNO3. The van der Waals surface area contributed by atoms with Crippen LogP contribution in [0.3, 0.4) is 0 Å². The summed E-state index contributed by atoms with van der Waals surface area (Å²) < 4.78 is 25.4. The van der Waals surface area contributed by atoms with E-state index in [2.05, 4.69) is 11.4 Å². The molecule has 1 N–H and O–H groups in total. The third-order valence-corrected chi connectivity index (χ3v) is 5.87. The second-order valence-corrected chi connectivity index (χ2v) is 7.44. The third kappa shape index (κ3) is 3.39. The minimum absolute atomic E-state index is 0.0242. The maximum atomic E-state index is 14.4. The zero-order valence-corrected chi connectivity index (χ0v) is 16.3. The highest BCUT2D eigenvalue weighted by atomic mass is 19.1. The lowest BCUT2D eigenvalue weighted by Gasteiger charge is -2.23. The molecule has 0 radical (unpaired) electrons. The molecule has 0 bridgehead atoms. The van der Waals surface area contributed by atoms with E-state index >= 15 is 0 Å². The van der Waals surface area contributed by atoms with Crippen LogP contribution in [0.15, 0.2) is 36.4 Å². The van der Waals surface area contributed by atoms with Crippen LogP contribution in [0.1, 0.15) is 48.1 Å². The molecule has 0 aromatic heterocycles. The van der Waals surface area contributed by atoms with Gasteiger partial charge in [-0.1, -0.05) is 31.2 Å². The highest BCUT2D eigenvalue weighted by Crippen LogP contribution is 2.42. The minimum atomic E-state index is -0.396. The summed E-state index contributed by atoms with van der Waals surface area (Å²) in [5.41, 5.74) is 3.76.